The van der Waals surface area contributed by atoms with E-state index in [0.29, 0.717) is 11.3 Å². The zero-order valence-corrected chi connectivity index (χ0v) is 13.0. The maximum atomic E-state index is 12.1. The first-order chi connectivity index (χ1) is 10.1. The van der Waals surface area contributed by atoms with Crippen LogP contribution in [0.5, 0.6) is 5.75 Å². The van der Waals surface area contributed by atoms with E-state index in [-0.39, 0.29) is 11.5 Å². The van der Waals surface area contributed by atoms with Crippen molar-refractivity contribution in [3.8, 4) is 5.75 Å². The van der Waals surface area contributed by atoms with Crippen LogP contribution in [0.1, 0.15) is 15.9 Å². The summed E-state index contributed by atoms with van der Waals surface area (Å²) in [5.41, 5.74) is 2.27. The number of phenols is 1. The van der Waals surface area contributed by atoms with E-state index < -0.39 is 0 Å². The van der Waals surface area contributed by atoms with E-state index in [1.807, 2.05) is 24.3 Å². The molecule has 1 heterocycles. The molecule has 0 fully saturated rings. The van der Waals surface area contributed by atoms with Crippen molar-refractivity contribution in [2.45, 2.75) is 11.3 Å². The van der Waals surface area contributed by atoms with Crippen LogP contribution >= 0.6 is 23.1 Å². The van der Waals surface area contributed by atoms with Gasteiger partial charge in [-0.2, -0.15) is 0 Å². The monoisotopic (exact) mass is 315 g/mol. The third kappa shape index (κ3) is 3.09. The normalized spacial score (nSPS) is 10.9. The first-order valence-corrected chi connectivity index (χ1v) is 8.25. The molecular weight excluding hydrogens is 302 g/mol. The molecule has 1 aromatic heterocycles. The first kappa shape index (κ1) is 14.1. The molecule has 5 heteroatoms. The summed E-state index contributed by atoms with van der Waals surface area (Å²) in [5.74, 6) is 0.475. The molecule has 0 unspecified atom stereocenters. The molecule has 2 aromatic carbocycles. The fraction of sp³-hybridized carbons (Fsp3) is 0.125. The average Bonchev–Trinajstić information content (AvgIpc) is 2.90. The predicted octanol–water partition coefficient (Wildman–Crippen LogP) is 4.29. The van der Waals surface area contributed by atoms with Crippen molar-refractivity contribution in [3.63, 3.8) is 0 Å². The lowest BCUT2D eigenvalue weighted by molar-refractivity contribution is 0.102. The van der Waals surface area contributed by atoms with Crippen LogP contribution in [0.15, 0.2) is 46.8 Å². The number of benzene rings is 2. The van der Waals surface area contributed by atoms with E-state index in [9.17, 15) is 9.90 Å². The van der Waals surface area contributed by atoms with E-state index >= 15 is 0 Å². The Hall–Kier alpha value is -1.85. The molecule has 0 aliphatic rings. The maximum absolute atomic E-state index is 12.1. The van der Waals surface area contributed by atoms with Gasteiger partial charge in [0.25, 0.3) is 0 Å². The van der Waals surface area contributed by atoms with E-state index in [0.717, 1.165) is 20.1 Å². The number of carbonyl (C=O) groups is 1. The molecule has 3 aromatic rings. The van der Waals surface area contributed by atoms with Crippen molar-refractivity contribution in [3.05, 3.63) is 53.6 Å². The zero-order chi connectivity index (χ0) is 14.8. The lowest BCUT2D eigenvalue weighted by Gasteiger charge is -2.02. The molecule has 0 amide bonds. The van der Waals surface area contributed by atoms with Gasteiger partial charge >= 0.3 is 0 Å². The number of aryl methyl sites for hydroxylation is 1. The van der Waals surface area contributed by atoms with Crippen LogP contribution in [0, 0.1) is 6.92 Å². The molecule has 0 saturated heterocycles. The number of carbonyl (C=O) groups excluding carboxylic acids is 1. The van der Waals surface area contributed by atoms with Gasteiger partial charge in [-0.15, -0.1) is 11.3 Å². The molecule has 0 radical (unpaired) electrons. The number of ketones is 1. The lowest BCUT2D eigenvalue weighted by atomic mass is 10.1. The second kappa shape index (κ2) is 5.87. The highest BCUT2D eigenvalue weighted by atomic mass is 32.2. The van der Waals surface area contributed by atoms with Gasteiger partial charge in [0.1, 0.15) is 5.75 Å². The Morgan fingerprint density at radius 2 is 2.10 bits per heavy atom. The first-order valence-electron chi connectivity index (χ1n) is 6.44. The number of hydrogen-bond donors (Lipinski definition) is 1. The fourth-order valence-corrected chi connectivity index (χ4v) is 3.87. The smallest absolute Gasteiger partial charge is 0.173 e. The Balaban J connectivity index is 1.71. The highest BCUT2D eigenvalue weighted by Gasteiger charge is 2.11. The average molecular weight is 315 g/mol. The predicted molar refractivity (Wildman–Crippen MR) is 87.5 cm³/mol. The minimum Gasteiger partial charge on any atom is -0.508 e. The Labute approximate surface area is 130 Å². The van der Waals surface area contributed by atoms with Gasteiger partial charge in [-0.25, -0.2) is 4.98 Å². The number of aromatic nitrogens is 1. The van der Waals surface area contributed by atoms with E-state index in [1.165, 1.54) is 17.8 Å². The van der Waals surface area contributed by atoms with E-state index in [2.05, 4.69) is 4.98 Å². The third-order valence-electron chi connectivity index (χ3n) is 3.13. The molecule has 1 N–H and O–H groups in total. The van der Waals surface area contributed by atoms with E-state index in [1.54, 1.807) is 30.4 Å². The summed E-state index contributed by atoms with van der Waals surface area (Å²) >= 11 is 3.03. The van der Waals surface area contributed by atoms with Crippen molar-refractivity contribution in [1.82, 2.24) is 4.98 Å². The van der Waals surface area contributed by atoms with Gasteiger partial charge in [0, 0.05) is 5.56 Å². The van der Waals surface area contributed by atoms with Gasteiger partial charge in [0.2, 0.25) is 0 Å². The van der Waals surface area contributed by atoms with Gasteiger partial charge in [-0.1, -0.05) is 36.0 Å². The van der Waals surface area contributed by atoms with Gasteiger partial charge in [0.05, 0.1) is 16.0 Å². The van der Waals surface area contributed by atoms with Gasteiger partial charge in [-0.3, -0.25) is 4.79 Å². The zero-order valence-electron chi connectivity index (χ0n) is 11.4. The molecule has 0 atom stereocenters. The van der Waals surface area contributed by atoms with Crippen molar-refractivity contribution in [2.24, 2.45) is 0 Å². The molecule has 106 valence electrons. The van der Waals surface area contributed by atoms with Gasteiger partial charge in [-0.05, 0) is 30.7 Å². The lowest BCUT2D eigenvalue weighted by Crippen LogP contribution is -2.02. The molecule has 0 spiro atoms. The second-order valence-corrected chi connectivity index (χ2v) is 6.91. The summed E-state index contributed by atoms with van der Waals surface area (Å²) < 4.78 is 2.02. The highest BCUT2D eigenvalue weighted by molar-refractivity contribution is 8.01. The molecular formula is C16H13NO2S2. The van der Waals surface area contributed by atoms with Crippen LogP contribution in [0.3, 0.4) is 0 Å². The number of Topliss-reactive ketones (excluding diaryl/α,β-unsaturated/α-hetero) is 1. The van der Waals surface area contributed by atoms with Gasteiger partial charge in [0.15, 0.2) is 10.1 Å². The molecule has 0 saturated carbocycles. The minimum absolute atomic E-state index is 0.00504. The van der Waals surface area contributed by atoms with Crippen molar-refractivity contribution in [2.75, 3.05) is 5.75 Å². The van der Waals surface area contributed by atoms with Gasteiger partial charge < -0.3 is 5.11 Å². The fourth-order valence-electron chi connectivity index (χ4n) is 1.91. The Morgan fingerprint density at radius 3 is 2.86 bits per heavy atom. The number of fused-ring (bicyclic) bond motifs is 1. The number of para-hydroxylation sites is 1. The summed E-state index contributed by atoms with van der Waals surface area (Å²) in [6.45, 7) is 1.81. The standard InChI is InChI=1S/C16H13NO2S2/c1-10-6-7-11(8-13(10)18)14(19)9-20-16-17-12-4-2-3-5-15(12)21-16/h2-8,18H,9H2,1H3. The van der Waals surface area contributed by atoms with Crippen molar-refractivity contribution < 1.29 is 9.90 Å². The summed E-state index contributed by atoms with van der Waals surface area (Å²) in [7, 11) is 0. The van der Waals surface area contributed by atoms with E-state index in [4.69, 9.17) is 0 Å². The van der Waals surface area contributed by atoms with Crippen LogP contribution in [0.2, 0.25) is 0 Å². The summed E-state index contributed by atoms with van der Waals surface area (Å²) in [4.78, 5) is 16.6. The largest absolute Gasteiger partial charge is 0.508 e. The minimum atomic E-state index is -0.00504. The van der Waals surface area contributed by atoms with Crippen LogP contribution in [-0.2, 0) is 0 Å². The Bertz CT molecular complexity index is 778. The third-order valence-corrected chi connectivity index (χ3v) is 5.31. The number of thioether (sulfide) groups is 1. The van der Waals surface area contributed by atoms with Crippen molar-refractivity contribution >= 4 is 39.1 Å². The molecule has 3 nitrogen and oxygen atoms in total. The van der Waals surface area contributed by atoms with Crippen LogP contribution < -0.4 is 0 Å². The summed E-state index contributed by atoms with van der Waals surface area (Å²) in [6.07, 6.45) is 0. The number of thiazole rings is 1. The summed E-state index contributed by atoms with van der Waals surface area (Å²) in [6, 6.07) is 13.0. The maximum Gasteiger partial charge on any atom is 0.173 e. The highest BCUT2D eigenvalue weighted by Crippen LogP contribution is 2.30. The molecule has 0 aliphatic carbocycles. The van der Waals surface area contributed by atoms with Crippen LogP contribution in [0.4, 0.5) is 0 Å². The topological polar surface area (TPSA) is 50.2 Å². The van der Waals surface area contributed by atoms with Crippen LogP contribution in [-0.4, -0.2) is 21.6 Å². The molecule has 3 rings (SSSR count). The summed E-state index contributed by atoms with van der Waals surface area (Å²) in [5, 5.41) is 9.66. The number of hydrogen-bond acceptors (Lipinski definition) is 5. The Kier molecular flexibility index (Phi) is 3.94. The number of rotatable bonds is 4. The molecule has 0 aliphatic heterocycles. The second-order valence-electron chi connectivity index (χ2n) is 4.66. The molecule has 21 heavy (non-hydrogen) atoms. The number of phenolic OH excluding ortho intramolecular Hbond substituents is 1. The SMILES string of the molecule is Cc1ccc(C(=O)CSc2nc3ccccc3s2)cc1O. The van der Waals surface area contributed by atoms with Crippen LogP contribution in [0.25, 0.3) is 10.2 Å². The number of aromatic hydroxyl groups is 1. The van der Waals surface area contributed by atoms with Crippen molar-refractivity contribution in [1.29, 1.82) is 0 Å². The Morgan fingerprint density at radius 1 is 1.29 bits per heavy atom. The number of nitrogens with zero attached hydrogens (tertiary/aromatic N) is 1. The molecule has 0 bridgehead atoms. The quantitative estimate of drug-likeness (QED) is 0.576.